The predicted octanol–water partition coefficient (Wildman–Crippen LogP) is 2.53. The number of rotatable bonds is 6. The number of halogens is 1. The Hall–Kier alpha value is -0.970. The number of ether oxygens (including phenoxy) is 2. The Morgan fingerprint density at radius 2 is 1.84 bits per heavy atom. The maximum absolute atomic E-state index is 10.1. The summed E-state index contributed by atoms with van der Waals surface area (Å²) < 4.78 is 10.6. The van der Waals surface area contributed by atoms with Crippen LogP contribution in [0.25, 0.3) is 0 Å². The maximum atomic E-state index is 10.1. The van der Waals surface area contributed by atoms with Crippen LogP contribution in [0.15, 0.2) is 18.2 Å². The van der Waals surface area contributed by atoms with E-state index < -0.39 is 12.1 Å². The molecule has 1 aromatic rings. The summed E-state index contributed by atoms with van der Waals surface area (Å²) in [5.74, 6) is 1.61. The van der Waals surface area contributed by atoms with Gasteiger partial charge in [-0.3, -0.25) is 0 Å². The fourth-order valence-corrected chi connectivity index (χ4v) is 2.01. The predicted molar refractivity (Wildman–Crippen MR) is 79.2 cm³/mol. The molecule has 1 aromatic carbocycles. The van der Waals surface area contributed by atoms with Crippen molar-refractivity contribution >= 4 is 12.4 Å². The van der Waals surface area contributed by atoms with Crippen molar-refractivity contribution in [3.05, 3.63) is 23.8 Å². The van der Waals surface area contributed by atoms with E-state index in [1.54, 1.807) is 14.2 Å². The Labute approximate surface area is 121 Å². The quantitative estimate of drug-likeness (QED) is 0.845. The van der Waals surface area contributed by atoms with Crippen molar-refractivity contribution in [1.29, 1.82) is 0 Å². The van der Waals surface area contributed by atoms with Crippen LogP contribution in [0.1, 0.15) is 31.9 Å². The number of methoxy groups -OCH3 is 2. The molecule has 0 saturated carbocycles. The lowest BCUT2D eigenvalue weighted by atomic mass is 9.94. The van der Waals surface area contributed by atoms with Gasteiger partial charge < -0.3 is 20.3 Å². The molecule has 0 amide bonds. The molecule has 0 aliphatic heterocycles. The molecule has 4 nitrogen and oxygen atoms in total. The molecule has 0 unspecified atom stereocenters. The molecule has 3 N–H and O–H groups in total. The summed E-state index contributed by atoms with van der Waals surface area (Å²) in [6.45, 7) is 4.11. The summed E-state index contributed by atoms with van der Waals surface area (Å²) in [5.41, 5.74) is 6.87. The Morgan fingerprint density at radius 3 is 2.32 bits per heavy atom. The minimum absolute atomic E-state index is 0. The van der Waals surface area contributed by atoms with Gasteiger partial charge in [0.15, 0.2) is 11.5 Å². The molecule has 0 saturated heterocycles. The van der Waals surface area contributed by atoms with Crippen molar-refractivity contribution in [3.8, 4) is 11.5 Å². The zero-order valence-electron chi connectivity index (χ0n) is 11.9. The second-order valence-electron chi connectivity index (χ2n) is 4.81. The molecule has 110 valence electrons. The molecular weight excluding hydrogens is 266 g/mol. The molecule has 0 aromatic heterocycles. The van der Waals surface area contributed by atoms with Crippen LogP contribution in [0.3, 0.4) is 0 Å². The largest absolute Gasteiger partial charge is 0.493 e. The number of aliphatic hydroxyl groups is 1. The van der Waals surface area contributed by atoms with Gasteiger partial charge >= 0.3 is 0 Å². The van der Waals surface area contributed by atoms with Gasteiger partial charge in [0.2, 0.25) is 0 Å². The highest BCUT2D eigenvalue weighted by Crippen LogP contribution is 2.35. The SMILES string of the molecule is COc1cccc([C@H](N)[C@H](O)CC(C)C)c1OC.Cl. The smallest absolute Gasteiger partial charge is 0.165 e. The van der Waals surface area contributed by atoms with Crippen LogP contribution >= 0.6 is 12.4 Å². The van der Waals surface area contributed by atoms with Gasteiger partial charge in [-0.25, -0.2) is 0 Å². The van der Waals surface area contributed by atoms with Gasteiger partial charge in [-0.1, -0.05) is 26.0 Å². The Kier molecular flexibility index (Phi) is 7.83. The molecule has 0 fully saturated rings. The van der Waals surface area contributed by atoms with Crippen molar-refractivity contribution in [2.45, 2.75) is 32.4 Å². The summed E-state index contributed by atoms with van der Waals surface area (Å²) in [6, 6.07) is 5.04. The van der Waals surface area contributed by atoms with Crippen molar-refractivity contribution < 1.29 is 14.6 Å². The fraction of sp³-hybridized carbons (Fsp3) is 0.571. The highest BCUT2D eigenvalue weighted by molar-refractivity contribution is 5.85. The number of nitrogens with two attached hydrogens (primary N) is 1. The molecule has 19 heavy (non-hydrogen) atoms. The summed E-state index contributed by atoms with van der Waals surface area (Å²) in [6.07, 6.45) is 0.0626. The van der Waals surface area contributed by atoms with Gasteiger partial charge in [-0.05, 0) is 18.4 Å². The first-order valence-electron chi connectivity index (χ1n) is 6.15. The van der Waals surface area contributed by atoms with Gasteiger partial charge in [-0.2, -0.15) is 0 Å². The van der Waals surface area contributed by atoms with Crippen molar-refractivity contribution in [2.75, 3.05) is 14.2 Å². The van der Waals surface area contributed by atoms with Crippen molar-refractivity contribution in [1.82, 2.24) is 0 Å². The third-order valence-corrected chi connectivity index (χ3v) is 2.92. The molecule has 1 rings (SSSR count). The third-order valence-electron chi connectivity index (χ3n) is 2.92. The topological polar surface area (TPSA) is 64.7 Å². The summed E-state index contributed by atoms with van der Waals surface area (Å²) in [7, 11) is 3.15. The molecule has 0 heterocycles. The first-order valence-corrected chi connectivity index (χ1v) is 6.15. The van der Waals surface area contributed by atoms with Gasteiger partial charge in [0, 0.05) is 5.56 Å². The lowest BCUT2D eigenvalue weighted by molar-refractivity contribution is 0.119. The molecular formula is C14H24ClNO3. The number of benzene rings is 1. The minimum atomic E-state index is -0.592. The van der Waals surface area contributed by atoms with Crippen LogP contribution in [-0.4, -0.2) is 25.4 Å². The van der Waals surface area contributed by atoms with E-state index in [2.05, 4.69) is 13.8 Å². The van der Waals surface area contributed by atoms with Crippen molar-refractivity contribution in [2.24, 2.45) is 11.7 Å². The zero-order valence-corrected chi connectivity index (χ0v) is 12.7. The lowest BCUT2D eigenvalue weighted by Crippen LogP contribution is -2.28. The van der Waals surface area contributed by atoms with Crippen LogP contribution in [0.5, 0.6) is 11.5 Å². The van der Waals surface area contributed by atoms with E-state index in [0.29, 0.717) is 23.8 Å². The van der Waals surface area contributed by atoms with E-state index in [9.17, 15) is 5.11 Å². The van der Waals surface area contributed by atoms with E-state index in [0.717, 1.165) is 5.56 Å². The fourth-order valence-electron chi connectivity index (χ4n) is 2.01. The first kappa shape index (κ1) is 18.0. The first-order chi connectivity index (χ1) is 8.51. The minimum Gasteiger partial charge on any atom is -0.493 e. The average molecular weight is 290 g/mol. The van der Waals surface area contributed by atoms with E-state index >= 15 is 0 Å². The normalized spacial score (nSPS) is 13.6. The Morgan fingerprint density at radius 1 is 1.21 bits per heavy atom. The number of aliphatic hydroxyl groups excluding tert-OH is 1. The lowest BCUT2D eigenvalue weighted by Gasteiger charge is -2.23. The Balaban J connectivity index is 0.00000324. The second-order valence-corrected chi connectivity index (χ2v) is 4.81. The van der Waals surface area contributed by atoms with Crippen molar-refractivity contribution in [3.63, 3.8) is 0 Å². The monoisotopic (exact) mass is 289 g/mol. The van der Waals surface area contributed by atoms with Crippen LogP contribution in [0.4, 0.5) is 0 Å². The molecule has 0 bridgehead atoms. The van der Waals surface area contributed by atoms with Crippen LogP contribution in [0, 0.1) is 5.92 Å². The molecule has 0 aliphatic carbocycles. The second kappa shape index (κ2) is 8.25. The summed E-state index contributed by atoms with van der Waals surface area (Å²) in [5, 5.41) is 10.1. The number of hydrogen-bond acceptors (Lipinski definition) is 4. The van der Waals surface area contributed by atoms with E-state index in [4.69, 9.17) is 15.2 Å². The van der Waals surface area contributed by atoms with Crippen LogP contribution < -0.4 is 15.2 Å². The number of para-hydroxylation sites is 1. The van der Waals surface area contributed by atoms with E-state index in [1.165, 1.54) is 0 Å². The van der Waals surface area contributed by atoms with Gasteiger partial charge in [0.05, 0.1) is 26.4 Å². The zero-order chi connectivity index (χ0) is 13.7. The van der Waals surface area contributed by atoms with Crippen LogP contribution in [0.2, 0.25) is 0 Å². The van der Waals surface area contributed by atoms with E-state index in [-0.39, 0.29) is 12.4 Å². The molecule has 0 aliphatic rings. The standard InChI is InChI=1S/C14H23NO3.ClH/c1-9(2)8-11(16)13(15)10-6-5-7-12(17-3)14(10)18-4;/h5-7,9,11,13,16H,8,15H2,1-4H3;1H/t11-,13+;/m1./s1. The van der Waals surface area contributed by atoms with Gasteiger partial charge in [0.25, 0.3) is 0 Å². The van der Waals surface area contributed by atoms with E-state index in [1.807, 2.05) is 18.2 Å². The Bertz CT molecular complexity index is 385. The average Bonchev–Trinajstić information content (AvgIpc) is 2.35. The van der Waals surface area contributed by atoms with Gasteiger partial charge in [0.1, 0.15) is 0 Å². The summed E-state index contributed by atoms with van der Waals surface area (Å²) >= 11 is 0. The highest BCUT2D eigenvalue weighted by Gasteiger charge is 2.22. The summed E-state index contributed by atoms with van der Waals surface area (Å²) in [4.78, 5) is 0. The molecule has 0 radical (unpaired) electrons. The third kappa shape index (κ3) is 4.56. The van der Waals surface area contributed by atoms with Gasteiger partial charge in [-0.15, -0.1) is 12.4 Å². The molecule has 5 heteroatoms. The number of hydrogen-bond donors (Lipinski definition) is 2. The maximum Gasteiger partial charge on any atom is 0.165 e. The highest BCUT2D eigenvalue weighted by atomic mass is 35.5. The van der Waals surface area contributed by atoms with Crippen LogP contribution in [-0.2, 0) is 0 Å². The molecule has 2 atom stereocenters. The molecule has 0 spiro atoms.